The molecule has 0 unspecified atom stereocenters. The van der Waals surface area contributed by atoms with E-state index in [9.17, 15) is 0 Å². The van der Waals surface area contributed by atoms with Gasteiger partial charge in [0.25, 0.3) is 0 Å². The highest BCUT2D eigenvalue weighted by molar-refractivity contribution is 5.69. The van der Waals surface area contributed by atoms with E-state index in [-0.39, 0.29) is 0 Å². The van der Waals surface area contributed by atoms with Gasteiger partial charge in [0.1, 0.15) is 5.75 Å². The second kappa shape index (κ2) is 5.69. The average molecular weight is 245 g/mol. The number of nitrogens with one attached hydrogen (secondary N) is 1. The van der Waals surface area contributed by atoms with Crippen LogP contribution in [0.3, 0.4) is 0 Å². The van der Waals surface area contributed by atoms with Crippen LogP contribution < -0.4 is 10.5 Å². The number of hydrogen-bond donors (Lipinski definition) is 2. The van der Waals surface area contributed by atoms with Crippen LogP contribution in [0.4, 0.5) is 0 Å². The summed E-state index contributed by atoms with van der Waals surface area (Å²) in [6.07, 6.45) is 0.776. The van der Waals surface area contributed by atoms with Crippen LogP contribution in [-0.4, -0.2) is 23.3 Å². The predicted octanol–water partition coefficient (Wildman–Crippen LogP) is 2.29. The smallest absolute Gasteiger partial charge is 0.119 e. The van der Waals surface area contributed by atoms with Gasteiger partial charge in [-0.15, -0.1) is 0 Å². The first-order chi connectivity index (χ1) is 8.76. The number of aromatic amines is 1. The highest BCUT2D eigenvalue weighted by atomic mass is 16.5. The maximum Gasteiger partial charge on any atom is 0.119 e. The van der Waals surface area contributed by atoms with Crippen molar-refractivity contribution in [1.29, 1.82) is 0 Å². The van der Waals surface area contributed by atoms with Crippen molar-refractivity contribution in [1.82, 2.24) is 10.2 Å². The van der Waals surface area contributed by atoms with Gasteiger partial charge in [0.2, 0.25) is 0 Å². The van der Waals surface area contributed by atoms with Crippen LogP contribution in [0.25, 0.3) is 11.1 Å². The molecule has 0 saturated heterocycles. The third-order valence-corrected chi connectivity index (χ3v) is 2.84. The Morgan fingerprint density at radius 3 is 2.94 bits per heavy atom. The number of hydrogen-bond acceptors (Lipinski definition) is 3. The van der Waals surface area contributed by atoms with Gasteiger partial charge in [-0.05, 0) is 38.1 Å². The van der Waals surface area contributed by atoms with Crippen LogP contribution in [0, 0.1) is 6.92 Å². The van der Waals surface area contributed by atoms with Gasteiger partial charge in [0.05, 0.1) is 12.3 Å². The van der Waals surface area contributed by atoms with Crippen LogP contribution in [0.15, 0.2) is 24.3 Å². The minimum absolute atomic E-state index is 0.600. The number of H-pyrrole nitrogens is 1. The Hall–Kier alpha value is -1.81. The summed E-state index contributed by atoms with van der Waals surface area (Å²) in [5, 5.41) is 7.34. The first-order valence-electron chi connectivity index (χ1n) is 6.23. The molecule has 0 saturated carbocycles. The van der Waals surface area contributed by atoms with Gasteiger partial charge in [-0.1, -0.05) is 12.1 Å². The normalized spacial score (nSPS) is 10.6. The lowest BCUT2D eigenvalue weighted by Gasteiger charge is -2.07. The fourth-order valence-corrected chi connectivity index (χ4v) is 2.09. The number of aryl methyl sites for hydroxylation is 1. The highest BCUT2D eigenvalue weighted by Crippen LogP contribution is 2.28. The topological polar surface area (TPSA) is 63.9 Å². The third kappa shape index (κ3) is 2.54. The second-order valence-corrected chi connectivity index (χ2v) is 4.17. The first kappa shape index (κ1) is 12.6. The fraction of sp³-hybridized carbons (Fsp3) is 0.357. The molecular formula is C14H19N3O. The zero-order valence-electron chi connectivity index (χ0n) is 10.9. The monoisotopic (exact) mass is 245 g/mol. The molecule has 1 aromatic carbocycles. The Kier molecular flexibility index (Phi) is 3.99. The molecule has 18 heavy (non-hydrogen) atoms. The molecule has 4 heteroatoms. The molecule has 3 N–H and O–H groups in total. The minimum Gasteiger partial charge on any atom is -0.494 e. The van der Waals surface area contributed by atoms with E-state index in [1.165, 1.54) is 0 Å². The minimum atomic E-state index is 0.600. The molecule has 1 heterocycles. The van der Waals surface area contributed by atoms with Gasteiger partial charge in [-0.25, -0.2) is 0 Å². The van der Waals surface area contributed by atoms with Crippen molar-refractivity contribution in [2.24, 2.45) is 5.73 Å². The summed E-state index contributed by atoms with van der Waals surface area (Å²) < 4.78 is 5.53. The molecular weight excluding hydrogens is 226 g/mol. The Bertz CT molecular complexity index is 520. The molecule has 0 aliphatic carbocycles. The summed E-state index contributed by atoms with van der Waals surface area (Å²) >= 11 is 0. The van der Waals surface area contributed by atoms with E-state index in [0.717, 1.165) is 34.7 Å². The van der Waals surface area contributed by atoms with Crippen LogP contribution in [-0.2, 0) is 6.42 Å². The highest BCUT2D eigenvalue weighted by Gasteiger charge is 2.12. The molecule has 96 valence electrons. The van der Waals surface area contributed by atoms with E-state index in [2.05, 4.69) is 16.3 Å². The molecule has 0 spiro atoms. The number of aromatic nitrogens is 2. The summed E-state index contributed by atoms with van der Waals surface area (Å²) in [6.45, 7) is 5.28. The quantitative estimate of drug-likeness (QED) is 0.849. The maximum atomic E-state index is 5.62. The maximum absolute atomic E-state index is 5.62. The van der Waals surface area contributed by atoms with Crippen molar-refractivity contribution in [3.05, 3.63) is 35.7 Å². The molecule has 0 amide bonds. The van der Waals surface area contributed by atoms with Gasteiger partial charge in [0, 0.05) is 17.7 Å². The molecule has 2 rings (SSSR count). The zero-order valence-corrected chi connectivity index (χ0v) is 10.9. The fourth-order valence-electron chi connectivity index (χ4n) is 2.09. The van der Waals surface area contributed by atoms with Crippen LogP contribution >= 0.6 is 0 Å². The van der Waals surface area contributed by atoms with Gasteiger partial charge < -0.3 is 10.5 Å². The summed E-state index contributed by atoms with van der Waals surface area (Å²) in [5.74, 6) is 0.884. The number of ether oxygens (including phenoxy) is 1. The number of rotatable bonds is 5. The number of benzene rings is 1. The molecule has 0 atom stereocenters. The van der Waals surface area contributed by atoms with E-state index in [1.807, 2.05) is 32.0 Å². The van der Waals surface area contributed by atoms with E-state index < -0.39 is 0 Å². The standard InChI is InChI=1S/C14H19N3O/c1-3-18-12-6-4-5-11(9-12)14-10(2)16-17-13(14)7-8-15/h4-6,9H,3,7-8,15H2,1-2H3,(H,16,17). The summed E-state index contributed by atoms with van der Waals surface area (Å²) in [7, 11) is 0. The van der Waals surface area contributed by atoms with E-state index >= 15 is 0 Å². The summed E-state index contributed by atoms with van der Waals surface area (Å²) in [6, 6.07) is 8.08. The van der Waals surface area contributed by atoms with Crippen molar-refractivity contribution < 1.29 is 4.74 Å². The predicted molar refractivity (Wildman–Crippen MR) is 72.7 cm³/mol. The van der Waals surface area contributed by atoms with Gasteiger partial charge in [-0.2, -0.15) is 5.10 Å². The zero-order chi connectivity index (χ0) is 13.0. The van der Waals surface area contributed by atoms with Crippen molar-refractivity contribution in [2.45, 2.75) is 20.3 Å². The summed E-state index contributed by atoms with van der Waals surface area (Å²) in [4.78, 5) is 0. The van der Waals surface area contributed by atoms with Crippen LogP contribution in [0.1, 0.15) is 18.3 Å². The van der Waals surface area contributed by atoms with Gasteiger partial charge in [0.15, 0.2) is 0 Å². The van der Waals surface area contributed by atoms with E-state index in [4.69, 9.17) is 10.5 Å². The van der Waals surface area contributed by atoms with E-state index in [0.29, 0.717) is 13.2 Å². The second-order valence-electron chi connectivity index (χ2n) is 4.17. The molecule has 0 fully saturated rings. The Morgan fingerprint density at radius 1 is 1.39 bits per heavy atom. The summed E-state index contributed by atoms with van der Waals surface area (Å²) in [5.41, 5.74) is 9.96. The van der Waals surface area contributed by atoms with E-state index in [1.54, 1.807) is 0 Å². The molecule has 0 aliphatic rings. The number of nitrogens with two attached hydrogens (primary N) is 1. The molecule has 0 bridgehead atoms. The number of nitrogens with zero attached hydrogens (tertiary/aromatic N) is 1. The largest absolute Gasteiger partial charge is 0.494 e. The first-order valence-corrected chi connectivity index (χ1v) is 6.23. The molecule has 1 aromatic heterocycles. The molecule has 0 radical (unpaired) electrons. The van der Waals surface area contributed by atoms with Gasteiger partial charge >= 0.3 is 0 Å². The third-order valence-electron chi connectivity index (χ3n) is 2.84. The van der Waals surface area contributed by atoms with Crippen molar-refractivity contribution in [2.75, 3.05) is 13.2 Å². The Balaban J connectivity index is 2.41. The lowest BCUT2D eigenvalue weighted by atomic mass is 10.0. The van der Waals surface area contributed by atoms with Crippen molar-refractivity contribution >= 4 is 0 Å². The SMILES string of the molecule is CCOc1cccc(-c2c(CCN)n[nH]c2C)c1. The molecule has 0 aliphatic heterocycles. The lowest BCUT2D eigenvalue weighted by Crippen LogP contribution is -2.04. The van der Waals surface area contributed by atoms with Gasteiger partial charge in [-0.3, -0.25) is 5.10 Å². The molecule has 2 aromatic rings. The van der Waals surface area contributed by atoms with Crippen LogP contribution in [0.5, 0.6) is 5.75 Å². The Morgan fingerprint density at radius 2 is 2.22 bits per heavy atom. The van der Waals surface area contributed by atoms with Crippen molar-refractivity contribution in [3.63, 3.8) is 0 Å². The molecule has 4 nitrogen and oxygen atoms in total. The average Bonchev–Trinajstić information content (AvgIpc) is 2.72. The van der Waals surface area contributed by atoms with Crippen LogP contribution in [0.2, 0.25) is 0 Å². The Labute approximate surface area is 107 Å². The lowest BCUT2D eigenvalue weighted by molar-refractivity contribution is 0.340. The van der Waals surface area contributed by atoms with Crippen molar-refractivity contribution in [3.8, 4) is 16.9 Å².